The molecule has 0 aromatic carbocycles. The summed E-state index contributed by atoms with van der Waals surface area (Å²) in [6.07, 6.45) is 13.1. The van der Waals surface area contributed by atoms with Crippen LogP contribution in [0.25, 0.3) is 0 Å². The molecule has 5 aromatic heterocycles. The number of hydrogen-bond acceptors (Lipinski definition) is 7. The quantitative estimate of drug-likeness (QED) is 0.164. The summed E-state index contributed by atoms with van der Waals surface area (Å²) in [4.78, 5) is 27.9. The molecule has 0 aliphatic rings. The van der Waals surface area contributed by atoms with Crippen LogP contribution in [0.5, 0.6) is 0 Å². The summed E-state index contributed by atoms with van der Waals surface area (Å²) in [5, 5.41) is 0. The Morgan fingerprint density at radius 3 is 1.12 bits per heavy atom. The fourth-order valence-electron chi connectivity index (χ4n) is 4.94. The summed E-state index contributed by atoms with van der Waals surface area (Å²) in [6.45, 7) is 5.34. The van der Waals surface area contributed by atoms with Gasteiger partial charge in [0.25, 0.3) is 0 Å². The first kappa shape index (κ1) is 29.2. The third-order valence-corrected chi connectivity index (χ3v) is 7.32. The van der Waals surface area contributed by atoms with Crippen molar-refractivity contribution in [3.05, 3.63) is 150 Å². The highest BCUT2D eigenvalue weighted by Gasteiger charge is 2.12. The van der Waals surface area contributed by atoms with Crippen LogP contribution in [-0.4, -0.2) is 60.9 Å². The van der Waals surface area contributed by atoms with E-state index in [1.165, 1.54) is 5.56 Å². The van der Waals surface area contributed by atoms with Gasteiger partial charge in [-0.3, -0.25) is 34.7 Å². The molecule has 0 spiro atoms. The molecule has 0 aliphatic heterocycles. The van der Waals surface area contributed by atoms with Gasteiger partial charge < -0.3 is 0 Å². The van der Waals surface area contributed by atoms with E-state index in [4.69, 9.17) is 4.98 Å². The molecule has 0 bridgehead atoms. The van der Waals surface area contributed by atoms with E-state index < -0.39 is 0 Å². The molecule has 0 fully saturated rings. The Kier molecular flexibility index (Phi) is 11.3. The van der Waals surface area contributed by atoms with Crippen molar-refractivity contribution >= 4 is 0 Å². The maximum atomic E-state index is 4.89. The molecular formula is C35H39N7. The second kappa shape index (κ2) is 16.2. The molecule has 0 amide bonds. The third kappa shape index (κ3) is 9.94. The van der Waals surface area contributed by atoms with Crippen molar-refractivity contribution in [2.24, 2.45) is 0 Å². The van der Waals surface area contributed by atoms with Crippen molar-refractivity contribution in [1.82, 2.24) is 34.7 Å². The molecule has 5 heterocycles. The van der Waals surface area contributed by atoms with Gasteiger partial charge in [0.15, 0.2) is 0 Å². The third-order valence-electron chi connectivity index (χ3n) is 7.32. The topological polar surface area (TPSA) is 70.9 Å². The summed E-state index contributed by atoms with van der Waals surface area (Å²) in [6, 6.07) is 28.9. The molecule has 7 heteroatoms. The molecule has 0 radical (unpaired) electrons. The van der Waals surface area contributed by atoms with Crippen LogP contribution in [0.3, 0.4) is 0 Å². The van der Waals surface area contributed by atoms with E-state index in [0.29, 0.717) is 0 Å². The lowest BCUT2D eigenvalue weighted by molar-refractivity contribution is 0.265. The highest BCUT2D eigenvalue weighted by molar-refractivity contribution is 5.15. The summed E-state index contributed by atoms with van der Waals surface area (Å²) >= 11 is 0. The number of pyridine rings is 5. The SMILES string of the molecule is c1ccc(CCN(CCc2ccccn2)Cc2ccc(CN(CCc3ccccn3)CCc3ccccn3)nc2)nc1. The standard InChI is InChI=1S/C35H39N7/c1-5-19-36-31(9-1)15-23-41(24-16-32-10-2-6-20-37-32)28-30-13-14-35(40-27-30)29-42(25-17-33-11-3-7-21-38-33)26-18-34-12-4-8-22-39-34/h1-14,19-22,27H,15-18,23-26,28-29H2. The van der Waals surface area contributed by atoms with Crippen LogP contribution >= 0.6 is 0 Å². The second-order valence-corrected chi connectivity index (χ2v) is 10.5. The zero-order valence-electron chi connectivity index (χ0n) is 24.2. The fraction of sp³-hybridized carbons (Fsp3) is 0.286. The summed E-state index contributed by atoms with van der Waals surface area (Å²) < 4.78 is 0. The van der Waals surface area contributed by atoms with Gasteiger partial charge in [0, 0.05) is 119 Å². The second-order valence-electron chi connectivity index (χ2n) is 10.5. The molecule has 0 unspecified atom stereocenters. The van der Waals surface area contributed by atoms with Gasteiger partial charge in [0.1, 0.15) is 0 Å². The molecule has 0 atom stereocenters. The first-order chi connectivity index (χ1) is 20.8. The smallest absolute Gasteiger partial charge is 0.0544 e. The Bertz CT molecular complexity index is 1220. The first-order valence-electron chi connectivity index (χ1n) is 14.8. The largest absolute Gasteiger partial charge is 0.298 e. The average Bonchev–Trinajstić information content (AvgIpc) is 3.06. The lowest BCUT2D eigenvalue weighted by Gasteiger charge is -2.23. The summed E-state index contributed by atoms with van der Waals surface area (Å²) in [5.41, 5.74) is 6.75. The molecule has 0 saturated heterocycles. The minimum absolute atomic E-state index is 0.795. The highest BCUT2D eigenvalue weighted by Crippen LogP contribution is 2.11. The zero-order chi connectivity index (χ0) is 28.7. The molecule has 42 heavy (non-hydrogen) atoms. The van der Waals surface area contributed by atoms with Gasteiger partial charge in [0.2, 0.25) is 0 Å². The zero-order valence-corrected chi connectivity index (χ0v) is 24.2. The van der Waals surface area contributed by atoms with Gasteiger partial charge in [-0.1, -0.05) is 30.3 Å². The van der Waals surface area contributed by atoms with Crippen molar-refractivity contribution in [3.8, 4) is 0 Å². The Hall–Kier alpha value is -4.33. The van der Waals surface area contributed by atoms with E-state index in [1.54, 1.807) is 0 Å². The van der Waals surface area contributed by atoms with Gasteiger partial charge in [-0.25, -0.2) is 0 Å². The minimum atomic E-state index is 0.795. The molecule has 7 nitrogen and oxygen atoms in total. The van der Waals surface area contributed by atoms with Crippen LogP contribution in [0.4, 0.5) is 0 Å². The Morgan fingerprint density at radius 2 is 0.786 bits per heavy atom. The molecule has 5 rings (SSSR count). The van der Waals surface area contributed by atoms with Crippen LogP contribution in [0.15, 0.2) is 116 Å². The van der Waals surface area contributed by atoms with Crippen LogP contribution in [0, 0.1) is 0 Å². The number of aromatic nitrogens is 5. The van der Waals surface area contributed by atoms with Crippen molar-refractivity contribution < 1.29 is 0 Å². The van der Waals surface area contributed by atoms with Crippen LogP contribution in [-0.2, 0) is 38.8 Å². The molecule has 0 saturated carbocycles. The van der Waals surface area contributed by atoms with Gasteiger partial charge in [-0.15, -0.1) is 0 Å². The molecule has 0 N–H and O–H groups in total. The maximum absolute atomic E-state index is 4.89. The molecule has 5 aromatic rings. The van der Waals surface area contributed by atoms with Crippen LogP contribution in [0.1, 0.15) is 34.0 Å². The molecule has 214 valence electrons. The van der Waals surface area contributed by atoms with Gasteiger partial charge in [-0.2, -0.15) is 0 Å². The fourth-order valence-corrected chi connectivity index (χ4v) is 4.94. The van der Waals surface area contributed by atoms with Gasteiger partial charge in [0.05, 0.1) is 5.69 Å². The van der Waals surface area contributed by atoms with Gasteiger partial charge in [-0.05, 0) is 60.2 Å². The number of nitrogens with zero attached hydrogens (tertiary/aromatic N) is 7. The maximum Gasteiger partial charge on any atom is 0.0544 e. The monoisotopic (exact) mass is 557 g/mol. The summed E-state index contributed by atoms with van der Waals surface area (Å²) in [5.74, 6) is 0. The number of hydrogen-bond donors (Lipinski definition) is 0. The van der Waals surface area contributed by atoms with E-state index in [1.807, 2.05) is 55.2 Å². The predicted octanol–water partition coefficient (Wildman–Crippen LogP) is 5.24. The van der Waals surface area contributed by atoms with Crippen molar-refractivity contribution in [1.29, 1.82) is 0 Å². The Morgan fingerprint density at radius 1 is 0.381 bits per heavy atom. The van der Waals surface area contributed by atoms with Crippen LogP contribution in [0.2, 0.25) is 0 Å². The first-order valence-corrected chi connectivity index (χ1v) is 14.8. The molecular weight excluding hydrogens is 518 g/mol. The normalized spacial score (nSPS) is 11.3. The lowest BCUT2D eigenvalue weighted by Crippen LogP contribution is -2.29. The van der Waals surface area contributed by atoms with E-state index in [9.17, 15) is 0 Å². The van der Waals surface area contributed by atoms with E-state index >= 15 is 0 Å². The predicted molar refractivity (Wildman–Crippen MR) is 167 cm³/mol. The lowest BCUT2D eigenvalue weighted by atomic mass is 10.2. The Balaban J connectivity index is 1.20. The average molecular weight is 558 g/mol. The van der Waals surface area contributed by atoms with Crippen LogP contribution < -0.4 is 0 Å². The Labute approximate surface area is 249 Å². The van der Waals surface area contributed by atoms with E-state index in [2.05, 4.69) is 90.4 Å². The number of rotatable bonds is 16. The summed E-state index contributed by atoms with van der Waals surface area (Å²) in [7, 11) is 0. The van der Waals surface area contributed by atoms with E-state index in [0.717, 1.165) is 93.4 Å². The van der Waals surface area contributed by atoms with Crippen molar-refractivity contribution in [2.75, 3.05) is 26.2 Å². The van der Waals surface area contributed by atoms with Crippen molar-refractivity contribution in [3.63, 3.8) is 0 Å². The van der Waals surface area contributed by atoms with E-state index in [-0.39, 0.29) is 0 Å². The van der Waals surface area contributed by atoms with Gasteiger partial charge >= 0.3 is 0 Å². The van der Waals surface area contributed by atoms with Crippen molar-refractivity contribution in [2.45, 2.75) is 38.8 Å². The highest BCUT2D eigenvalue weighted by atomic mass is 15.1. The minimum Gasteiger partial charge on any atom is -0.298 e. The molecule has 0 aliphatic carbocycles.